The minimum absolute atomic E-state index is 0.135. The van der Waals surface area contributed by atoms with E-state index < -0.39 is 5.54 Å². The molecule has 0 unspecified atom stereocenters. The fourth-order valence-corrected chi connectivity index (χ4v) is 2.73. The van der Waals surface area contributed by atoms with Crippen molar-refractivity contribution in [2.75, 3.05) is 5.32 Å². The van der Waals surface area contributed by atoms with E-state index in [2.05, 4.69) is 5.32 Å². The van der Waals surface area contributed by atoms with Crippen LogP contribution in [0.1, 0.15) is 34.1 Å². The summed E-state index contributed by atoms with van der Waals surface area (Å²) in [6.45, 7) is 1.86. The Kier molecular flexibility index (Phi) is 2.90. The smallest absolute Gasteiger partial charge is 0.196 e. The van der Waals surface area contributed by atoms with Gasteiger partial charge in [0.2, 0.25) is 0 Å². The van der Waals surface area contributed by atoms with Crippen LogP contribution in [0.3, 0.4) is 0 Å². The van der Waals surface area contributed by atoms with Gasteiger partial charge in [0.1, 0.15) is 0 Å². The van der Waals surface area contributed by atoms with E-state index in [1.54, 1.807) is 24.3 Å². The van der Waals surface area contributed by atoms with Gasteiger partial charge in [-0.1, -0.05) is 49.4 Å². The Morgan fingerprint density at radius 1 is 0.850 bits per heavy atom. The minimum atomic E-state index is -1.16. The number of anilines is 1. The molecule has 1 aliphatic rings. The van der Waals surface area contributed by atoms with Crippen molar-refractivity contribution in [3.63, 3.8) is 0 Å². The number of para-hydroxylation sites is 1. The molecule has 0 atom stereocenters. The lowest BCUT2D eigenvalue weighted by Gasteiger charge is -2.27. The maximum atomic E-state index is 12.7. The molecule has 0 amide bonds. The first-order chi connectivity index (χ1) is 9.69. The van der Waals surface area contributed by atoms with E-state index >= 15 is 0 Å². The summed E-state index contributed by atoms with van der Waals surface area (Å²) in [4.78, 5) is 25.4. The molecule has 3 rings (SSSR count). The molecule has 0 saturated heterocycles. The molecule has 0 radical (unpaired) electrons. The monoisotopic (exact) mass is 265 g/mol. The number of rotatable bonds is 3. The number of carbonyl (C=O) groups is 2. The molecule has 1 aliphatic carbocycles. The third-order valence-electron chi connectivity index (χ3n) is 3.85. The number of nitrogens with one attached hydrogen (secondary N) is 1. The van der Waals surface area contributed by atoms with Crippen LogP contribution in [0, 0.1) is 0 Å². The van der Waals surface area contributed by atoms with Crippen LogP contribution < -0.4 is 5.32 Å². The van der Waals surface area contributed by atoms with Crippen molar-refractivity contribution >= 4 is 17.3 Å². The summed E-state index contributed by atoms with van der Waals surface area (Å²) in [5.41, 5.74) is 0.653. The van der Waals surface area contributed by atoms with E-state index in [1.807, 2.05) is 37.3 Å². The van der Waals surface area contributed by atoms with Gasteiger partial charge in [-0.25, -0.2) is 0 Å². The third-order valence-corrected chi connectivity index (χ3v) is 3.85. The summed E-state index contributed by atoms with van der Waals surface area (Å²) in [7, 11) is 0. The molecule has 0 aliphatic heterocycles. The molecule has 0 aromatic heterocycles. The molecule has 2 aromatic rings. The highest BCUT2D eigenvalue weighted by molar-refractivity contribution is 6.34. The van der Waals surface area contributed by atoms with E-state index in [4.69, 9.17) is 0 Å². The number of ketones is 2. The topological polar surface area (TPSA) is 46.2 Å². The van der Waals surface area contributed by atoms with Crippen molar-refractivity contribution in [2.45, 2.75) is 18.9 Å². The minimum Gasteiger partial charge on any atom is -0.366 e. The van der Waals surface area contributed by atoms with Crippen molar-refractivity contribution < 1.29 is 9.59 Å². The zero-order valence-electron chi connectivity index (χ0n) is 11.2. The fourth-order valence-electron chi connectivity index (χ4n) is 2.73. The predicted molar refractivity (Wildman–Crippen MR) is 78.2 cm³/mol. The summed E-state index contributed by atoms with van der Waals surface area (Å²) < 4.78 is 0. The Morgan fingerprint density at radius 3 is 1.85 bits per heavy atom. The van der Waals surface area contributed by atoms with Gasteiger partial charge in [-0.05, 0) is 18.6 Å². The molecule has 2 aromatic carbocycles. The quantitative estimate of drug-likeness (QED) is 0.866. The summed E-state index contributed by atoms with van der Waals surface area (Å²) >= 11 is 0. The average Bonchev–Trinajstić information content (AvgIpc) is 2.71. The number of hydrogen-bond acceptors (Lipinski definition) is 3. The second-order valence-corrected chi connectivity index (χ2v) is 4.95. The SMILES string of the molecule is CCC1(Nc2ccccc2)C(=O)c2ccccc2C1=O. The largest absolute Gasteiger partial charge is 0.366 e. The highest BCUT2D eigenvalue weighted by Gasteiger charge is 2.51. The molecule has 0 bridgehead atoms. The molecule has 1 N–H and O–H groups in total. The number of hydrogen-bond donors (Lipinski definition) is 1. The molecule has 3 nitrogen and oxygen atoms in total. The van der Waals surface area contributed by atoms with Crippen LogP contribution in [0.25, 0.3) is 0 Å². The highest BCUT2D eigenvalue weighted by Crippen LogP contribution is 2.35. The average molecular weight is 265 g/mol. The van der Waals surface area contributed by atoms with Gasteiger partial charge in [0.15, 0.2) is 17.1 Å². The Bertz CT molecular complexity index is 641. The predicted octanol–water partition coefficient (Wildman–Crippen LogP) is 3.33. The van der Waals surface area contributed by atoms with Crippen molar-refractivity contribution in [1.29, 1.82) is 0 Å². The van der Waals surface area contributed by atoms with Crippen molar-refractivity contribution in [3.8, 4) is 0 Å². The molecule has 0 fully saturated rings. The van der Waals surface area contributed by atoms with Gasteiger partial charge < -0.3 is 5.32 Å². The van der Waals surface area contributed by atoms with Crippen LogP contribution in [0.4, 0.5) is 5.69 Å². The molecule has 100 valence electrons. The maximum Gasteiger partial charge on any atom is 0.196 e. The highest BCUT2D eigenvalue weighted by atomic mass is 16.2. The van der Waals surface area contributed by atoms with Crippen molar-refractivity contribution in [3.05, 3.63) is 65.7 Å². The zero-order chi connectivity index (χ0) is 14.2. The van der Waals surface area contributed by atoms with Crippen LogP contribution in [-0.4, -0.2) is 17.1 Å². The fraction of sp³-hybridized carbons (Fsp3) is 0.176. The van der Waals surface area contributed by atoms with Gasteiger partial charge in [-0.2, -0.15) is 0 Å². The molecular formula is C17H15NO2. The van der Waals surface area contributed by atoms with Gasteiger partial charge in [0.25, 0.3) is 0 Å². The Balaban J connectivity index is 2.07. The molecule has 0 heterocycles. The van der Waals surface area contributed by atoms with Crippen molar-refractivity contribution in [1.82, 2.24) is 0 Å². The summed E-state index contributed by atoms with van der Waals surface area (Å²) in [6, 6.07) is 16.4. The third kappa shape index (κ3) is 1.67. The summed E-state index contributed by atoms with van der Waals surface area (Å²) in [5.74, 6) is -0.270. The van der Waals surface area contributed by atoms with Crippen molar-refractivity contribution in [2.24, 2.45) is 0 Å². The first kappa shape index (κ1) is 12.6. The number of benzene rings is 2. The number of Topliss-reactive ketones (excluding diaryl/α,β-unsaturated/α-hetero) is 2. The van der Waals surface area contributed by atoms with Crippen LogP contribution in [0.15, 0.2) is 54.6 Å². The lowest BCUT2D eigenvalue weighted by molar-refractivity contribution is 0.0816. The molecular weight excluding hydrogens is 250 g/mol. The van der Waals surface area contributed by atoms with Gasteiger partial charge in [0.05, 0.1) is 0 Å². The lowest BCUT2D eigenvalue weighted by atomic mass is 9.89. The standard InChI is InChI=1S/C17H15NO2/c1-2-17(18-12-8-4-3-5-9-12)15(19)13-10-6-7-11-14(13)16(17)20/h3-11,18H,2H2,1H3. The summed E-state index contributed by atoms with van der Waals surface area (Å²) in [6.07, 6.45) is 0.425. The Morgan fingerprint density at radius 2 is 1.35 bits per heavy atom. The molecule has 3 heteroatoms. The lowest BCUT2D eigenvalue weighted by Crippen LogP contribution is -2.48. The van der Waals surface area contributed by atoms with Gasteiger partial charge in [-0.15, -0.1) is 0 Å². The van der Waals surface area contributed by atoms with E-state index in [0.29, 0.717) is 17.5 Å². The van der Waals surface area contributed by atoms with Crippen LogP contribution in [-0.2, 0) is 0 Å². The normalized spacial score (nSPS) is 16.1. The second-order valence-electron chi connectivity index (χ2n) is 4.95. The molecule has 0 saturated carbocycles. The first-order valence-electron chi connectivity index (χ1n) is 6.71. The van der Waals surface area contributed by atoms with Gasteiger partial charge >= 0.3 is 0 Å². The first-order valence-corrected chi connectivity index (χ1v) is 6.71. The maximum absolute atomic E-state index is 12.7. The number of carbonyl (C=O) groups excluding carboxylic acids is 2. The zero-order valence-corrected chi connectivity index (χ0v) is 11.2. The van der Waals surface area contributed by atoms with Crippen LogP contribution >= 0.6 is 0 Å². The number of fused-ring (bicyclic) bond motifs is 1. The van der Waals surface area contributed by atoms with Gasteiger partial charge in [0, 0.05) is 16.8 Å². The van der Waals surface area contributed by atoms with E-state index in [1.165, 1.54) is 0 Å². The van der Waals surface area contributed by atoms with E-state index in [9.17, 15) is 9.59 Å². The summed E-state index contributed by atoms with van der Waals surface area (Å²) in [5, 5.41) is 3.15. The Hall–Kier alpha value is -2.42. The molecule has 0 spiro atoms. The van der Waals surface area contributed by atoms with E-state index in [0.717, 1.165) is 5.69 Å². The van der Waals surface area contributed by atoms with Crippen LogP contribution in [0.2, 0.25) is 0 Å². The Labute approximate surface area is 117 Å². The van der Waals surface area contributed by atoms with Crippen LogP contribution in [0.5, 0.6) is 0 Å². The van der Waals surface area contributed by atoms with Gasteiger partial charge in [-0.3, -0.25) is 9.59 Å². The molecule has 20 heavy (non-hydrogen) atoms. The second kappa shape index (κ2) is 4.60. The van der Waals surface area contributed by atoms with E-state index in [-0.39, 0.29) is 11.6 Å².